The molecule has 2 aliphatic heterocycles. The maximum absolute atomic E-state index is 13.0. The van der Waals surface area contributed by atoms with Gasteiger partial charge in [0.15, 0.2) is 5.79 Å². The standard InChI is InChI=1S/C20H20F3N3O6S/c21-20(22,23)32-16-5-3-15(4-6-16)18(27)25-8-10-30-19(13-25)14-26(9-11-31-19)33(28,29)17-2-1-7-24-12-17/h1-7,12H,8-11,13-14H2. The molecular formula is C20H20F3N3O6S. The van der Waals surface area contributed by atoms with Gasteiger partial charge in [-0.15, -0.1) is 13.2 Å². The zero-order valence-electron chi connectivity index (χ0n) is 17.2. The topological polar surface area (TPSA) is 98.3 Å². The highest BCUT2D eigenvalue weighted by molar-refractivity contribution is 7.89. The first-order valence-electron chi connectivity index (χ1n) is 9.91. The Morgan fingerprint density at radius 3 is 2.39 bits per heavy atom. The molecule has 2 aliphatic rings. The summed E-state index contributed by atoms with van der Waals surface area (Å²) in [5.41, 5.74) is 0.150. The number of sulfonamides is 1. The van der Waals surface area contributed by atoms with E-state index in [1.54, 1.807) is 0 Å². The van der Waals surface area contributed by atoms with Crippen molar-refractivity contribution in [2.45, 2.75) is 17.0 Å². The second-order valence-electron chi connectivity index (χ2n) is 7.43. The largest absolute Gasteiger partial charge is 0.573 e. The predicted molar refractivity (Wildman–Crippen MR) is 107 cm³/mol. The number of amides is 1. The van der Waals surface area contributed by atoms with Crippen LogP contribution in [-0.4, -0.2) is 80.1 Å². The Labute approximate surface area is 187 Å². The SMILES string of the molecule is O=C(c1ccc(OC(F)(F)F)cc1)N1CCOC2(C1)CN(S(=O)(=O)c1cccnc1)CCO2. The summed E-state index contributed by atoms with van der Waals surface area (Å²) in [6.45, 7) is 0.294. The van der Waals surface area contributed by atoms with Gasteiger partial charge in [-0.05, 0) is 36.4 Å². The first-order chi connectivity index (χ1) is 15.6. The third kappa shape index (κ3) is 5.27. The number of carbonyl (C=O) groups is 1. The van der Waals surface area contributed by atoms with Crippen molar-refractivity contribution in [3.8, 4) is 5.75 Å². The zero-order chi connectivity index (χ0) is 23.7. The van der Waals surface area contributed by atoms with Crippen molar-refractivity contribution < 1.29 is 40.6 Å². The van der Waals surface area contributed by atoms with Gasteiger partial charge in [-0.3, -0.25) is 9.78 Å². The van der Waals surface area contributed by atoms with Crippen LogP contribution in [0.5, 0.6) is 5.75 Å². The number of carbonyl (C=O) groups excluding carboxylic acids is 1. The number of rotatable bonds is 4. The van der Waals surface area contributed by atoms with E-state index in [1.807, 2.05) is 0 Å². The van der Waals surface area contributed by atoms with Gasteiger partial charge in [-0.2, -0.15) is 4.31 Å². The Kier molecular flexibility index (Phi) is 6.31. The summed E-state index contributed by atoms with van der Waals surface area (Å²) in [5, 5.41) is 0. The minimum atomic E-state index is -4.83. The molecular weight excluding hydrogens is 467 g/mol. The van der Waals surface area contributed by atoms with Crippen LogP contribution in [0.1, 0.15) is 10.4 Å². The fraction of sp³-hybridized carbons (Fsp3) is 0.400. The van der Waals surface area contributed by atoms with E-state index in [0.717, 1.165) is 12.1 Å². The maximum Gasteiger partial charge on any atom is 0.573 e. The second-order valence-corrected chi connectivity index (χ2v) is 9.37. The Hall–Kier alpha value is -2.74. The number of alkyl halides is 3. The van der Waals surface area contributed by atoms with Gasteiger partial charge in [0.25, 0.3) is 5.91 Å². The van der Waals surface area contributed by atoms with E-state index in [4.69, 9.17) is 9.47 Å². The van der Waals surface area contributed by atoms with Crippen LogP contribution in [0.3, 0.4) is 0 Å². The third-order valence-electron chi connectivity index (χ3n) is 5.18. The number of hydrogen-bond donors (Lipinski definition) is 0. The van der Waals surface area contributed by atoms with Crippen LogP contribution in [0.15, 0.2) is 53.7 Å². The number of nitrogens with zero attached hydrogens (tertiary/aromatic N) is 3. The summed E-state index contributed by atoms with van der Waals surface area (Å²) in [4.78, 5) is 18.2. The van der Waals surface area contributed by atoms with Crippen LogP contribution < -0.4 is 4.74 Å². The molecule has 1 atom stereocenters. The third-order valence-corrected chi connectivity index (χ3v) is 7.00. The van der Waals surface area contributed by atoms with Crippen molar-refractivity contribution in [2.75, 3.05) is 39.4 Å². The minimum Gasteiger partial charge on any atom is -0.406 e. The number of ether oxygens (including phenoxy) is 3. The van der Waals surface area contributed by atoms with Crippen LogP contribution in [0.2, 0.25) is 0 Å². The number of pyridine rings is 1. The fourth-order valence-corrected chi connectivity index (χ4v) is 5.10. The van der Waals surface area contributed by atoms with Gasteiger partial charge in [-0.1, -0.05) is 0 Å². The lowest BCUT2D eigenvalue weighted by molar-refractivity contribution is -0.279. The van der Waals surface area contributed by atoms with E-state index in [0.29, 0.717) is 0 Å². The normalized spacial score (nSPS) is 22.3. The van der Waals surface area contributed by atoms with Gasteiger partial charge in [-0.25, -0.2) is 8.42 Å². The van der Waals surface area contributed by atoms with Crippen LogP contribution >= 0.6 is 0 Å². The lowest BCUT2D eigenvalue weighted by Crippen LogP contribution is -2.63. The first kappa shape index (κ1) is 23.4. The molecule has 1 aromatic carbocycles. The highest BCUT2D eigenvalue weighted by Crippen LogP contribution is 2.29. The molecule has 1 amide bonds. The highest BCUT2D eigenvalue weighted by atomic mass is 32.2. The Morgan fingerprint density at radius 2 is 1.76 bits per heavy atom. The van der Waals surface area contributed by atoms with Crippen LogP contribution in [-0.2, 0) is 19.5 Å². The molecule has 9 nitrogen and oxygen atoms in total. The van der Waals surface area contributed by atoms with Gasteiger partial charge >= 0.3 is 6.36 Å². The number of aromatic nitrogens is 1. The lowest BCUT2D eigenvalue weighted by atomic mass is 10.1. The smallest absolute Gasteiger partial charge is 0.406 e. The first-order valence-corrected chi connectivity index (χ1v) is 11.4. The van der Waals surface area contributed by atoms with Crippen molar-refractivity contribution in [1.29, 1.82) is 0 Å². The number of morpholine rings is 2. The van der Waals surface area contributed by atoms with Gasteiger partial charge in [0.05, 0.1) is 26.3 Å². The Balaban J connectivity index is 1.48. The van der Waals surface area contributed by atoms with Gasteiger partial charge < -0.3 is 19.1 Å². The monoisotopic (exact) mass is 487 g/mol. The minimum absolute atomic E-state index is 0.0342. The molecule has 0 aliphatic carbocycles. The predicted octanol–water partition coefficient (Wildman–Crippen LogP) is 1.87. The summed E-state index contributed by atoms with van der Waals surface area (Å²) < 4.78 is 79.6. The summed E-state index contributed by atoms with van der Waals surface area (Å²) in [6.07, 6.45) is -2.11. The quantitative estimate of drug-likeness (QED) is 0.650. The fourth-order valence-electron chi connectivity index (χ4n) is 3.68. The van der Waals surface area contributed by atoms with Crippen LogP contribution in [0.25, 0.3) is 0 Å². The molecule has 0 saturated carbocycles. The summed E-state index contributed by atoms with van der Waals surface area (Å²) in [6, 6.07) is 7.52. The molecule has 0 N–H and O–H groups in total. The Morgan fingerprint density at radius 1 is 1.06 bits per heavy atom. The van der Waals surface area contributed by atoms with Gasteiger partial charge in [0.2, 0.25) is 10.0 Å². The number of hydrogen-bond acceptors (Lipinski definition) is 7. The van der Waals surface area contributed by atoms with E-state index in [2.05, 4.69) is 9.72 Å². The van der Waals surface area contributed by atoms with E-state index in [9.17, 15) is 26.4 Å². The van der Waals surface area contributed by atoms with Crippen molar-refractivity contribution in [2.24, 2.45) is 0 Å². The zero-order valence-corrected chi connectivity index (χ0v) is 18.0. The second kappa shape index (κ2) is 8.89. The van der Waals surface area contributed by atoms with E-state index in [1.165, 1.54) is 45.9 Å². The molecule has 3 heterocycles. The van der Waals surface area contributed by atoms with E-state index < -0.39 is 33.8 Å². The molecule has 13 heteroatoms. The average Bonchev–Trinajstić information content (AvgIpc) is 2.79. The molecule has 0 bridgehead atoms. The molecule has 4 rings (SSSR count). The lowest BCUT2D eigenvalue weighted by Gasteiger charge is -2.46. The van der Waals surface area contributed by atoms with Gasteiger partial charge in [0.1, 0.15) is 10.6 Å². The molecule has 1 aromatic heterocycles. The van der Waals surface area contributed by atoms with E-state index in [-0.39, 0.29) is 49.9 Å². The van der Waals surface area contributed by atoms with Crippen molar-refractivity contribution in [3.05, 3.63) is 54.4 Å². The summed E-state index contributed by atoms with van der Waals surface area (Å²) in [5.74, 6) is -2.25. The van der Waals surface area contributed by atoms with E-state index >= 15 is 0 Å². The molecule has 33 heavy (non-hydrogen) atoms. The molecule has 178 valence electrons. The maximum atomic E-state index is 13.0. The molecule has 1 spiro atoms. The Bertz CT molecular complexity index is 1090. The summed E-state index contributed by atoms with van der Waals surface area (Å²) >= 11 is 0. The molecule has 2 aromatic rings. The van der Waals surface area contributed by atoms with Crippen LogP contribution in [0, 0.1) is 0 Å². The average molecular weight is 487 g/mol. The molecule has 2 fully saturated rings. The molecule has 0 radical (unpaired) electrons. The highest BCUT2D eigenvalue weighted by Gasteiger charge is 2.46. The number of halogens is 3. The van der Waals surface area contributed by atoms with Crippen molar-refractivity contribution >= 4 is 15.9 Å². The molecule has 1 unspecified atom stereocenters. The van der Waals surface area contributed by atoms with Crippen molar-refractivity contribution in [3.63, 3.8) is 0 Å². The van der Waals surface area contributed by atoms with Crippen molar-refractivity contribution in [1.82, 2.24) is 14.2 Å². The molecule has 2 saturated heterocycles. The summed E-state index contributed by atoms with van der Waals surface area (Å²) in [7, 11) is -3.85. The van der Waals surface area contributed by atoms with Gasteiger partial charge in [0, 0.05) is 31.0 Å². The van der Waals surface area contributed by atoms with Crippen LogP contribution in [0.4, 0.5) is 13.2 Å². The number of benzene rings is 1.